The quantitative estimate of drug-likeness (QED) is 0.664. The summed E-state index contributed by atoms with van der Waals surface area (Å²) in [6.45, 7) is 3.07. The minimum Gasteiger partial charge on any atom is -0.381 e. The summed E-state index contributed by atoms with van der Waals surface area (Å²) >= 11 is 0. The summed E-state index contributed by atoms with van der Waals surface area (Å²) in [7, 11) is 0. The summed E-state index contributed by atoms with van der Waals surface area (Å²) < 4.78 is 11.1. The third-order valence-electron chi connectivity index (χ3n) is 6.08. The van der Waals surface area contributed by atoms with E-state index in [1.165, 1.54) is 44.9 Å². The van der Waals surface area contributed by atoms with Crippen molar-refractivity contribution < 1.29 is 14.1 Å². The highest BCUT2D eigenvalue weighted by Gasteiger charge is 2.32. The van der Waals surface area contributed by atoms with Crippen LogP contribution in [0.4, 0.5) is 0 Å². The standard InChI is InChI=1S/C20H31N3O3/c24-19(12-15-4-2-1-3-5-15)23-10-8-17(13-23)20-21-18(22-26-20)9-11-25-14-16-6-7-16/h15-17H,1-14H2. The van der Waals surface area contributed by atoms with E-state index in [1.54, 1.807) is 0 Å². The van der Waals surface area contributed by atoms with Gasteiger partial charge in [0.05, 0.1) is 12.5 Å². The Morgan fingerprint density at radius 3 is 2.77 bits per heavy atom. The van der Waals surface area contributed by atoms with Gasteiger partial charge < -0.3 is 14.2 Å². The fraction of sp³-hybridized carbons (Fsp3) is 0.850. The number of carbonyl (C=O) groups excluding carboxylic acids is 1. The number of aromatic nitrogens is 2. The highest BCUT2D eigenvalue weighted by molar-refractivity contribution is 5.76. The molecule has 0 aromatic carbocycles. The molecule has 26 heavy (non-hydrogen) atoms. The minimum absolute atomic E-state index is 0.193. The molecular weight excluding hydrogens is 330 g/mol. The van der Waals surface area contributed by atoms with Gasteiger partial charge in [0.25, 0.3) is 0 Å². The van der Waals surface area contributed by atoms with E-state index in [0.717, 1.165) is 44.3 Å². The van der Waals surface area contributed by atoms with Crippen molar-refractivity contribution in [2.45, 2.75) is 70.1 Å². The molecule has 2 saturated carbocycles. The molecule has 0 radical (unpaired) electrons. The Kier molecular flexibility index (Phi) is 5.88. The highest BCUT2D eigenvalue weighted by Crippen LogP contribution is 2.30. The molecule has 6 nitrogen and oxygen atoms in total. The molecule has 1 amide bonds. The largest absolute Gasteiger partial charge is 0.381 e. The van der Waals surface area contributed by atoms with E-state index in [1.807, 2.05) is 4.90 Å². The van der Waals surface area contributed by atoms with Gasteiger partial charge in [-0.3, -0.25) is 4.79 Å². The van der Waals surface area contributed by atoms with Crippen molar-refractivity contribution in [3.63, 3.8) is 0 Å². The van der Waals surface area contributed by atoms with Crippen molar-refractivity contribution in [3.05, 3.63) is 11.7 Å². The first-order chi connectivity index (χ1) is 12.8. The summed E-state index contributed by atoms with van der Waals surface area (Å²) in [5.41, 5.74) is 0. The van der Waals surface area contributed by atoms with Crippen molar-refractivity contribution in [2.24, 2.45) is 11.8 Å². The van der Waals surface area contributed by atoms with Gasteiger partial charge in [0, 0.05) is 32.5 Å². The predicted molar refractivity (Wildman–Crippen MR) is 96.7 cm³/mol. The number of carbonyl (C=O) groups is 1. The first kappa shape index (κ1) is 18.0. The lowest BCUT2D eigenvalue weighted by Crippen LogP contribution is -2.30. The molecule has 1 unspecified atom stereocenters. The van der Waals surface area contributed by atoms with Gasteiger partial charge in [-0.15, -0.1) is 0 Å². The Balaban J connectivity index is 1.20. The van der Waals surface area contributed by atoms with E-state index in [9.17, 15) is 4.79 Å². The van der Waals surface area contributed by atoms with Crippen LogP contribution in [0.5, 0.6) is 0 Å². The Morgan fingerprint density at radius 1 is 1.12 bits per heavy atom. The fourth-order valence-corrected chi connectivity index (χ4v) is 4.19. The van der Waals surface area contributed by atoms with Crippen molar-refractivity contribution in [1.82, 2.24) is 15.0 Å². The molecule has 2 aliphatic carbocycles. The molecule has 4 rings (SSSR count). The van der Waals surface area contributed by atoms with Crippen LogP contribution in [0.1, 0.15) is 75.4 Å². The summed E-state index contributed by atoms with van der Waals surface area (Å²) in [5.74, 6) is 3.30. The van der Waals surface area contributed by atoms with Crippen molar-refractivity contribution >= 4 is 5.91 Å². The van der Waals surface area contributed by atoms with Crippen molar-refractivity contribution in [3.8, 4) is 0 Å². The van der Waals surface area contributed by atoms with Gasteiger partial charge >= 0.3 is 0 Å². The maximum atomic E-state index is 12.6. The second kappa shape index (κ2) is 8.51. The van der Waals surface area contributed by atoms with Crippen LogP contribution in [0.25, 0.3) is 0 Å². The van der Waals surface area contributed by atoms with E-state index < -0.39 is 0 Å². The van der Waals surface area contributed by atoms with Gasteiger partial charge in [0.1, 0.15) is 0 Å². The monoisotopic (exact) mass is 361 g/mol. The molecule has 0 bridgehead atoms. The minimum atomic E-state index is 0.193. The molecule has 1 saturated heterocycles. The third-order valence-corrected chi connectivity index (χ3v) is 6.08. The average Bonchev–Trinajstić information content (AvgIpc) is 3.16. The lowest BCUT2D eigenvalue weighted by Gasteiger charge is -2.24. The van der Waals surface area contributed by atoms with Crippen LogP contribution in [-0.2, 0) is 16.0 Å². The van der Waals surface area contributed by atoms with E-state index in [2.05, 4.69) is 10.1 Å². The molecule has 0 spiro atoms. The highest BCUT2D eigenvalue weighted by atomic mass is 16.5. The first-order valence-corrected chi connectivity index (χ1v) is 10.5. The summed E-state index contributed by atoms with van der Waals surface area (Å²) in [6.07, 6.45) is 11.3. The van der Waals surface area contributed by atoms with Crippen LogP contribution in [0.3, 0.4) is 0 Å². The Bertz CT molecular complexity index is 593. The van der Waals surface area contributed by atoms with Gasteiger partial charge in [-0.1, -0.05) is 24.4 Å². The number of ether oxygens (including phenoxy) is 1. The Labute approximate surface area is 155 Å². The summed E-state index contributed by atoms with van der Waals surface area (Å²) in [5, 5.41) is 4.09. The molecule has 144 valence electrons. The first-order valence-electron chi connectivity index (χ1n) is 10.5. The lowest BCUT2D eigenvalue weighted by atomic mass is 9.87. The number of hydrogen-bond acceptors (Lipinski definition) is 5. The van der Waals surface area contributed by atoms with Crippen LogP contribution < -0.4 is 0 Å². The lowest BCUT2D eigenvalue weighted by molar-refractivity contribution is -0.131. The van der Waals surface area contributed by atoms with E-state index in [4.69, 9.17) is 9.26 Å². The maximum Gasteiger partial charge on any atom is 0.231 e. The normalized spacial score (nSPS) is 24.3. The molecule has 3 fully saturated rings. The molecule has 2 heterocycles. The zero-order valence-electron chi connectivity index (χ0n) is 15.7. The number of likely N-dealkylation sites (tertiary alicyclic amines) is 1. The molecular formula is C20H31N3O3. The maximum absolute atomic E-state index is 12.6. The molecule has 1 aromatic heterocycles. The SMILES string of the molecule is O=C(CC1CCCCC1)N1CCC(c2nc(CCOCC3CC3)no2)C1. The van der Waals surface area contributed by atoms with Crippen molar-refractivity contribution in [1.29, 1.82) is 0 Å². The second-order valence-corrected chi connectivity index (χ2v) is 8.35. The number of nitrogens with zero attached hydrogens (tertiary/aromatic N) is 3. The summed E-state index contributed by atoms with van der Waals surface area (Å²) in [6, 6.07) is 0. The molecule has 3 aliphatic rings. The van der Waals surface area contributed by atoms with Gasteiger partial charge in [0.15, 0.2) is 5.82 Å². The topological polar surface area (TPSA) is 68.5 Å². The predicted octanol–water partition coefficient (Wildman–Crippen LogP) is 3.33. The van der Waals surface area contributed by atoms with Gasteiger partial charge in [-0.05, 0) is 43.9 Å². The third kappa shape index (κ3) is 4.84. The average molecular weight is 361 g/mol. The number of amides is 1. The van der Waals surface area contributed by atoms with Crippen LogP contribution >= 0.6 is 0 Å². The second-order valence-electron chi connectivity index (χ2n) is 8.35. The number of rotatable bonds is 8. The van der Waals surface area contributed by atoms with Crippen LogP contribution in [0, 0.1) is 11.8 Å². The molecule has 1 atom stereocenters. The van der Waals surface area contributed by atoms with Gasteiger partial charge in [-0.25, -0.2) is 0 Å². The van der Waals surface area contributed by atoms with Crippen LogP contribution in [-0.4, -0.2) is 47.3 Å². The smallest absolute Gasteiger partial charge is 0.231 e. The van der Waals surface area contributed by atoms with Crippen molar-refractivity contribution in [2.75, 3.05) is 26.3 Å². The molecule has 6 heteroatoms. The van der Waals surface area contributed by atoms with Gasteiger partial charge in [0.2, 0.25) is 11.8 Å². The molecule has 0 N–H and O–H groups in total. The van der Waals surface area contributed by atoms with Crippen LogP contribution in [0.15, 0.2) is 4.52 Å². The van der Waals surface area contributed by atoms with E-state index in [-0.39, 0.29) is 5.92 Å². The number of hydrogen-bond donors (Lipinski definition) is 0. The van der Waals surface area contributed by atoms with Gasteiger partial charge in [-0.2, -0.15) is 4.98 Å². The fourth-order valence-electron chi connectivity index (χ4n) is 4.19. The zero-order valence-corrected chi connectivity index (χ0v) is 15.7. The van der Waals surface area contributed by atoms with E-state index >= 15 is 0 Å². The molecule has 1 aromatic rings. The van der Waals surface area contributed by atoms with Crippen LogP contribution in [0.2, 0.25) is 0 Å². The molecule has 1 aliphatic heterocycles. The summed E-state index contributed by atoms with van der Waals surface area (Å²) in [4.78, 5) is 19.1. The Hall–Kier alpha value is -1.43. The Morgan fingerprint density at radius 2 is 1.96 bits per heavy atom. The van der Waals surface area contributed by atoms with E-state index in [0.29, 0.717) is 30.7 Å². The zero-order chi connectivity index (χ0) is 17.8.